The van der Waals surface area contributed by atoms with E-state index in [4.69, 9.17) is 17.3 Å². The van der Waals surface area contributed by atoms with Crippen molar-refractivity contribution in [3.05, 3.63) is 64.9 Å². The van der Waals surface area contributed by atoms with Gasteiger partial charge in [-0.15, -0.1) is 0 Å². The van der Waals surface area contributed by atoms with Crippen LogP contribution in [0, 0.1) is 5.92 Å². The molecule has 0 saturated heterocycles. The zero-order chi connectivity index (χ0) is 22.2. The quantitative estimate of drug-likeness (QED) is 0.627. The third-order valence-corrected chi connectivity index (χ3v) is 5.08. The molecule has 0 bridgehead atoms. The number of hydrogen-bond donors (Lipinski definition) is 3. The number of carbonyl (C=O) groups excluding carboxylic acids is 2. The van der Waals surface area contributed by atoms with Gasteiger partial charge in [-0.2, -0.15) is 0 Å². The molecule has 0 unspecified atom stereocenters. The van der Waals surface area contributed by atoms with Gasteiger partial charge in [0.05, 0.1) is 12.2 Å². The summed E-state index contributed by atoms with van der Waals surface area (Å²) in [7, 11) is 2.05. The highest BCUT2D eigenvalue weighted by Crippen LogP contribution is 2.22. The van der Waals surface area contributed by atoms with E-state index in [0.717, 1.165) is 35.5 Å². The second-order valence-electron chi connectivity index (χ2n) is 7.15. The number of nitrogens with two attached hydrogens (primary N) is 1. The Morgan fingerprint density at radius 2 is 1.83 bits per heavy atom. The van der Waals surface area contributed by atoms with Crippen LogP contribution in [0.3, 0.4) is 0 Å². The molecule has 7 heteroatoms. The number of rotatable bonds is 5. The van der Waals surface area contributed by atoms with E-state index in [1.165, 1.54) is 38.8 Å². The predicted molar refractivity (Wildman–Crippen MR) is 122 cm³/mol. The third kappa shape index (κ3) is 11.7. The lowest BCUT2D eigenvalue weighted by atomic mass is 9.86. The van der Waals surface area contributed by atoms with E-state index in [9.17, 15) is 9.59 Å². The van der Waals surface area contributed by atoms with Crippen molar-refractivity contribution in [3.8, 4) is 0 Å². The van der Waals surface area contributed by atoms with Gasteiger partial charge in [-0.3, -0.25) is 14.6 Å². The van der Waals surface area contributed by atoms with E-state index < -0.39 is 0 Å². The van der Waals surface area contributed by atoms with Crippen LogP contribution in [-0.2, 0) is 11.3 Å². The Morgan fingerprint density at radius 1 is 1.17 bits per heavy atom. The number of benzene rings is 1. The van der Waals surface area contributed by atoms with E-state index in [0.29, 0.717) is 12.1 Å². The fourth-order valence-corrected chi connectivity index (χ4v) is 3.07. The lowest BCUT2D eigenvalue weighted by Gasteiger charge is -2.26. The van der Waals surface area contributed by atoms with Crippen LogP contribution in [0.25, 0.3) is 0 Å². The highest BCUT2D eigenvalue weighted by Gasteiger charge is 2.17. The van der Waals surface area contributed by atoms with Gasteiger partial charge in [0.2, 0.25) is 5.91 Å². The molecule has 1 amide bonds. The molecule has 0 radical (unpaired) electrons. The Balaban J connectivity index is 0.000000235. The monoisotopic (exact) mass is 432 g/mol. The van der Waals surface area contributed by atoms with E-state index in [2.05, 4.69) is 15.6 Å². The average Bonchev–Trinajstić information content (AvgIpc) is 2.79. The molecule has 0 aliphatic heterocycles. The van der Waals surface area contributed by atoms with Gasteiger partial charge in [0.1, 0.15) is 0 Å². The Labute approximate surface area is 184 Å². The largest absolute Gasteiger partial charge is 0.351 e. The van der Waals surface area contributed by atoms with Crippen molar-refractivity contribution in [2.45, 2.75) is 45.2 Å². The molecule has 3 rings (SSSR count). The summed E-state index contributed by atoms with van der Waals surface area (Å²) in [5, 5.41) is 6.71. The van der Waals surface area contributed by atoms with Crippen molar-refractivity contribution in [1.29, 1.82) is 0 Å². The summed E-state index contributed by atoms with van der Waals surface area (Å²) in [4.78, 5) is 24.8. The number of aldehydes is 1. The molecule has 1 aromatic carbocycles. The molecule has 1 aliphatic rings. The normalized spacial score (nSPS) is 17.5. The Morgan fingerprint density at radius 3 is 2.23 bits per heavy atom. The van der Waals surface area contributed by atoms with Crippen LogP contribution in [-0.4, -0.2) is 36.8 Å². The summed E-state index contributed by atoms with van der Waals surface area (Å²) >= 11 is 5.54. The minimum atomic E-state index is -0.0961. The van der Waals surface area contributed by atoms with Crippen molar-refractivity contribution in [2.75, 3.05) is 13.6 Å². The minimum Gasteiger partial charge on any atom is -0.351 e. The average molecular weight is 433 g/mol. The molecule has 164 valence electrons. The van der Waals surface area contributed by atoms with Crippen LogP contribution in [0.5, 0.6) is 0 Å². The molecule has 0 spiro atoms. The Bertz CT molecular complexity index is 706. The number of pyridine rings is 1. The number of nitrogens with zero attached hydrogens (tertiary/aromatic N) is 1. The van der Waals surface area contributed by atoms with Crippen LogP contribution in [0.1, 0.15) is 48.7 Å². The lowest BCUT2D eigenvalue weighted by molar-refractivity contribution is -0.119. The van der Waals surface area contributed by atoms with Gasteiger partial charge in [0.25, 0.3) is 0 Å². The molecule has 1 heterocycles. The van der Waals surface area contributed by atoms with E-state index in [-0.39, 0.29) is 5.91 Å². The first-order valence-corrected chi connectivity index (χ1v) is 10.6. The number of carbonyl (C=O) groups is 2. The second-order valence-corrected chi connectivity index (χ2v) is 7.58. The van der Waals surface area contributed by atoms with Gasteiger partial charge in [0.15, 0.2) is 6.29 Å². The molecular formula is C23H33ClN4O2. The number of nitrogens with one attached hydrogen (secondary N) is 2. The fourth-order valence-electron chi connectivity index (χ4n) is 2.93. The first-order chi connectivity index (χ1) is 14.5. The molecule has 1 aromatic heterocycles. The molecule has 1 saturated carbocycles. The lowest BCUT2D eigenvalue weighted by Crippen LogP contribution is -2.32. The summed E-state index contributed by atoms with van der Waals surface area (Å²) < 4.78 is 0. The van der Waals surface area contributed by atoms with Gasteiger partial charge in [0, 0.05) is 29.7 Å². The van der Waals surface area contributed by atoms with E-state index in [1.807, 2.05) is 37.4 Å². The van der Waals surface area contributed by atoms with Gasteiger partial charge >= 0.3 is 0 Å². The molecule has 1 fully saturated rings. The number of halogens is 1. The SMILES string of the molecule is CC(=O)NCc1ccc(C=O)cn1.CNC1CCC(CN)CC1.Clc1ccccc1. The highest BCUT2D eigenvalue weighted by atomic mass is 35.5. The molecule has 6 nitrogen and oxygen atoms in total. The van der Waals surface area contributed by atoms with Crippen molar-refractivity contribution < 1.29 is 9.59 Å². The van der Waals surface area contributed by atoms with E-state index >= 15 is 0 Å². The summed E-state index contributed by atoms with van der Waals surface area (Å²) in [6.07, 6.45) is 7.49. The number of hydrogen-bond acceptors (Lipinski definition) is 5. The summed E-state index contributed by atoms with van der Waals surface area (Å²) in [5.41, 5.74) is 6.84. The van der Waals surface area contributed by atoms with Gasteiger partial charge in [-0.05, 0) is 69.5 Å². The molecule has 1 aliphatic carbocycles. The zero-order valence-corrected chi connectivity index (χ0v) is 18.6. The molecule has 2 aromatic rings. The highest BCUT2D eigenvalue weighted by molar-refractivity contribution is 6.30. The predicted octanol–water partition coefficient (Wildman–Crippen LogP) is 3.59. The maximum atomic E-state index is 10.5. The Hall–Kier alpha value is -2.28. The topological polar surface area (TPSA) is 97.1 Å². The van der Waals surface area contributed by atoms with Gasteiger partial charge < -0.3 is 16.4 Å². The van der Waals surface area contributed by atoms with Gasteiger partial charge in [-0.25, -0.2) is 0 Å². The van der Waals surface area contributed by atoms with E-state index in [1.54, 1.807) is 12.1 Å². The van der Waals surface area contributed by atoms with Crippen LogP contribution < -0.4 is 16.4 Å². The molecular weight excluding hydrogens is 400 g/mol. The standard InChI is InChI=1S/C9H10N2O2.C8H18N2.C6H5Cl/c1-7(13)10-5-9-3-2-8(6-12)4-11-9;1-10-8-4-2-7(6-9)3-5-8;7-6-4-2-1-3-5-6/h2-4,6H,5H2,1H3,(H,10,13);7-8,10H,2-6,9H2,1H3;1-5H. The maximum absolute atomic E-state index is 10.5. The van der Waals surface area contributed by atoms with Crippen LogP contribution in [0.2, 0.25) is 5.02 Å². The zero-order valence-electron chi connectivity index (χ0n) is 17.8. The van der Waals surface area contributed by atoms with Crippen LogP contribution >= 0.6 is 11.6 Å². The van der Waals surface area contributed by atoms with Crippen molar-refractivity contribution in [1.82, 2.24) is 15.6 Å². The molecule has 30 heavy (non-hydrogen) atoms. The third-order valence-electron chi connectivity index (χ3n) is 4.82. The van der Waals surface area contributed by atoms with Crippen molar-refractivity contribution in [3.63, 3.8) is 0 Å². The molecule has 0 atom stereocenters. The van der Waals surface area contributed by atoms with Crippen LogP contribution in [0.4, 0.5) is 0 Å². The first-order valence-electron chi connectivity index (χ1n) is 10.2. The number of aromatic nitrogens is 1. The fraction of sp³-hybridized carbons (Fsp3) is 0.435. The smallest absolute Gasteiger partial charge is 0.217 e. The number of amides is 1. The first kappa shape index (κ1) is 25.8. The van der Waals surface area contributed by atoms with Gasteiger partial charge in [-0.1, -0.05) is 29.8 Å². The summed E-state index contributed by atoms with van der Waals surface area (Å²) in [6, 6.07) is 13.6. The van der Waals surface area contributed by atoms with Crippen LogP contribution in [0.15, 0.2) is 48.7 Å². The maximum Gasteiger partial charge on any atom is 0.217 e. The van der Waals surface area contributed by atoms with Crippen molar-refractivity contribution in [2.24, 2.45) is 11.7 Å². The minimum absolute atomic E-state index is 0.0961. The second kappa shape index (κ2) is 15.5. The Kier molecular flexibility index (Phi) is 13.3. The van der Waals surface area contributed by atoms with Crippen molar-refractivity contribution >= 4 is 23.8 Å². The molecule has 4 N–H and O–H groups in total. The summed E-state index contributed by atoms with van der Waals surface area (Å²) in [6.45, 7) is 2.73. The summed E-state index contributed by atoms with van der Waals surface area (Å²) in [5.74, 6) is 0.714.